The van der Waals surface area contributed by atoms with E-state index in [4.69, 9.17) is 37.9 Å². The van der Waals surface area contributed by atoms with Gasteiger partial charge in [0.2, 0.25) is 38.7 Å². The lowest BCUT2D eigenvalue weighted by atomic mass is 9.76. The largest absolute Gasteiger partial charge is 0.502 e. The Morgan fingerprint density at radius 3 is 0.984 bits per heavy atom. The first-order valence-electron chi connectivity index (χ1n) is 23.7. The Morgan fingerprint density at radius 1 is 0.381 bits per heavy atom. The van der Waals surface area contributed by atoms with E-state index in [1.54, 1.807) is 0 Å². The number of hydrogen-bond acceptors (Lipinski definition) is 10. The molecule has 10 nitrogen and oxygen atoms in total. The first kappa shape index (κ1) is 43.6. The zero-order valence-electron chi connectivity index (χ0n) is 37.4. The van der Waals surface area contributed by atoms with Crippen molar-refractivity contribution in [3.8, 4) is 57.5 Å². The molecule has 4 unspecified atom stereocenters. The van der Waals surface area contributed by atoms with Gasteiger partial charge in [0, 0.05) is 74.2 Å². The van der Waals surface area contributed by atoms with Crippen molar-refractivity contribution in [3.63, 3.8) is 0 Å². The summed E-state index contributed by atoms with van der Waals surface area (Å²) in [5.41, 5.74) is 7.68. The van der Waals surface area contributed by atoms with Gasteiger partial charge in [0.05, 0.1) is 0 Å². The fourth-order valence-corrected chi connectivity index (χ4v) is 11.4. The van der Waals surface area contributed by atoms with E-state index in [2.05, 4.69) is 67.9 Å². The van der Waals surface area contributed by atoms with Crippen molar-refractivity contribution in [3.05, 3.63) is 79.3 Å². The van der Waals surface area contributed by atoms with Gasteiger partial charge in [-0.25, -0.2) is 0 Å². The zero-order chi connectivity index (χ0) is 43.6. The van der Waals surface area contributed by atoms with E-state index < -0.39 is 0 Å². The summed E-state index contributed by atoms with van der Waals surface area (Å²) in [5, 5.41) is 25.0. The molecule has 0 saturated carbocycles. The predicted molar refractivity (Wildman–Crippen MR) is 245 cm³/mol. The first-order valence-corrected chi connectivity index (χ1v) is 24.5. The van der Waals surface area contributed by atoms with Gasteiger partial charge in [-0.3, -0.25) is 0 Å². The van der Waals surface area contributed by atoms with E-state index >= 15 is 0 Å². The van der Waals surface area contributed by atoms with Crippen LogP contribution < -0.4 is 37.9 Å². The van der Waals surface area contributed by atoms with Crippen LogP contribution in [0.25, 0.3) is 0 Å². The lowest BCUT2D eigenvalue weighted by molar-refractivity contribution is 0.0908. The Balaban J connectivity index is 1.42. The number of phenolic OH excluding ortho intramolecular Hbond substituents is 2. The summed E-state index contributed by atoms with van der Waals surface area (Å²) in [7, 11) is 0. The van der Waals surface area contributed by atoms with E-state index in [0.717, 1.165) is 157 Å². The van der Waals surface area contributed by atoms with Gasteiger partial charge >= 0.3 is 0 Å². The van der Waals surface area contributed by atoms with Gasteiger partial charge in [-0.1, -0.05) is 105 Å². The van der Waals surface area contributed by atoms with Crippen LogP contribution in [0.15, 0.2) is 34.8 Å². The van der Waals surface area contributed by atoms with Crippen LogP contribution in [-0.4, -0.2) is 37.4 Å². The Labute approximate surface area is 380 Å². The van der Waals surface area contributed by atoms with E-state index in [1.807, 2.05) is 6.07 Å². The Hall–Kier alpha value is -4.64. The van der Waals surface area contributed by atoms with Gasteiger partial charge in [0.25, 0.3) is 0 Å². The summed E-state index contributed by atoms with van der Waals surface area (Å²) in [6, 6.07) is 11.1. The summed E-state index contributed by atoms with van der Waals surface area (Å²) >= 11 is 4.04. The molecule has 9 rings (SSSR count). The summed E-state index contributed by atoms with van der Waals surface area (Å²) in [4.78, 5) is 0. The molecule has 1 aliphatic carbocycles. The molecule has 63 heavy (non-hydrogen) atoms. The molecule has 2 N–H and O–H groups in total. The fraction of sp³-hybridized carbons (Fsp3) is 0.538. The third-order valence-corrected chi connectivity index (χ3v) is 14.7. The maximum Gasteiger partial charge on any atom is 0.231 e. The van der Waals surface area contributed by atoms with E-state index in [1.165, 1.54) is 0 Å². The molecule has 0 saturated heterocycles. The Morgan fingerprint density at radius 2 is 0.651 bits per heavy atom. The second-order valence-corrected chi connectivity index (χ2v) is 18.7. The molecule has 0 fully saturated rings. The highest BCUT2D eigenvalue weighted by Crippen LogP contribution is 2.60. The highest BCUT2D eigenvalue weighted by Gasteiger charge is 2.40. The molecule has 8 bridgehead atoms. The van der Waals surface area contributed by atoms with Gasteiger partial charge in [-0.2, -0.15) is 0 Å². The maximum absolute atomic E-state index is 12.5. The Kier molecular flexibility index (Phi) is 13.3. The zero-order valence-corrected chi connectivity index (χ0v) is 39.0. The molecule has 4 heterocycles. The first-order chi connectivity index (χ1) is 30.9. The number of unbranched alkanes of at least 4 members (excludes halogenated alkanes) is 8. The van der Waals surface area contributed by atoms with Crippen molar-refractivity contribution in [1.82, 2.24) is 0 Å². The summed E-state index contributed by atoms with van der Waals surface area (Å²) < 4.78 is 52.8. The molecular formula is C52H63BrO10. The molecule has 5 aliphatic rings. The minimum absolute atomic E-state index is 0.0180. The fourth-order valence-electron chi connectivity index (χ4n) is 10.8. The highest BCUT2D eigenvalue weighted by molar-refractivity contribution is 9.10. The number of ether oxygens (including phenoxy) is 8. The van der Waals surface area contributed by atoms with Crippen molar-refractivity contribution < 1.29 is 48.1 Å². The molecule has 4 atom stereocenters. The lowest BCUT2D eigenvalue weighted by Crippen LogP contribution is -2.23. The van der Waals surface area contributed by atoms with Crippen molar-refractivity contribution in [2.24, 2.45) is 0 Å². The molecule has 11 heteroatoms. The number of rotatable bonds is 16. The van der Waals surface area contributed by atoms with Gasteiger partial charge in [-0.05, 0) is 65.9 Å². The number of halogens is 1. The molecule has 4 aromatic rings. The number of hydrogen-bond donors (Lipinski definition) is 2. The van der Waals surface area contributed by atoms with E-state index in [0.29, 0.717) is 40.2 Å². The molecule has 4 aliphatic heterocycles. The van der Waals surface area contributed by atoms with Crippen LogP contribution in [0.5, 0.6) is 57.5 Å². The van der Waals surface area contributed by atoms with Crippen LogP contribution in [0.2, 0.25) is 0 Å². The quantitative estimate of drug-likeness (QED) is 0.105. The normalized spacial score (nSPS) is 19.8. The summed E-state index contributed by atoms with van der Waals surface area (Å²) in [6.07, 6.45) is 15.5. The minimum atomic E-state index is -0.310. The topological polar surface area (TPSA) is 114 Å². The average Bonchev–Trinajstić information content (AvgIpc) is 3.26. The van der Waals surface area contributed by atoms with E-state index in [9.17, 15) is 10.2 Å². The molecule has 0 amide bonds. The Bertz CT molecular complexity index is 2160. The van der Waals surface area contributed by atoms with E-state index in [-0.39, 0.29) is 62.3 Å². The van der Waals surface area contributed by atoms with Crippen LogP contribution in [-0.2, 0) is 0 Å². The molecule has 0 spiro atoms. The monoisotopic (exact) mass is 926 g/mol. The summed E-state index contributed by atoms with van der Waals surface area (Å²) in [6.45, 7) is 8.36. The third-order valence-electron chi connectivity index (χ3n) is 13.9. The maximum atomic E-state index is 12.5. The lowest BCUT2D eigenvalue weighted by Gasteiger charge is -2.36. The number of aromatic hydroxyl groups is 2. The van der Waals surface area contributed by atoms with Crippen molar-refractivity contribution >= 4 is 15.9 Å². The molecule has 0 aromatic heterocycles. The van der Waals surface area contributed by atoms with Crippen LogP contribution in [0.1, 0.15) is 199 Å². The number of phenols is 2. The summed E-state index contributed by atoms with van der Waals surface area (Å²) in [5.74, 6) is 3.21. The van der Waals surface area contributed by atoms with Gasteiger partial charge in [-0.15, -0.1) is 0 Å². The number of benzene rings is 4. The second-order valence-electron chi connectivity index (χ2n) is 17.9. The minimum Gasteiger partial charge on any atom is -0.502 e. The van der Waals surface area contributed by atoms with Crippen LogP contribution in [0.3, 0.4) is 0 Å². The standard InChI is InChI=1S/C52H63BrO10/c1-5-9-13-17-30-34-21-35-31(18-14-10-6-2)38-23-40-33(20-16-12-8-4)41-24-39-32(19-15-11-7-3)37-22-36(30)47-44(53)48(37)59-28-61-50(39)46(55)52(41)63-29-62-51(40)45(54)49(38)60-27-57-43(35)25-42(34)56-26-58-47/h21-25,30-33,54-55H,5-20,26-29H2,1-4H3. The van der Waals surface area contributed by atoms with Crippen molar-refractivity contribution in [2.75, 3.05) is 27.2 Å². The third kappa shape index (κ3) is 8.10. The highest BCUT2D eigenvalue weighted by atomic mass is 79.9. The van der Waals surface area contributed by atoms with Crippen molar-refractivity contribution in [2.45, 2.75) is 154 Å². The molecule has 4 aromatic carbocycles. The average molecular weight is 928 g/mol. The van der Waals surface area contributed by atoms with Gasteiger partial charge in [0.15, 0.2) is 23.0 Å². The van der Waals surface area contributed by atoms with Crippen LogP contribution in [0, 0.1) is 0 Å². The van der Waals surface area contributed by atoms with Crippen LogP contribution >= 0.6 is 15.9 Å². The van der Waals surface area contributed by atoms with Crippen molar-refractivity contribution in [1.29, 1.82) is 0 Å². The predicted octanol–water partition coefficient (Wildman–Crippen LogP) is 13.9. The molecular weight excluding hydrogens is 864 g/mol. The smallest absolute Gasteiger partial charge is 0.231 e. The second kappa shape index (κ2) is 19.2. The molecule has 0 radical (unpaired) electrons. The van der Waals surface area contributed by atoms with Gasteiger partial charge < -0.3 is 48.1 Å². The van der Waals surface area contributed by atoms with Gasteiger partial charge in [0.1, 0.15) is 27.5 Å². The molecule has 338 valence electrons. The van der Waals surface area contributed by atoms with Crippen LogP contribution in [0.4, 0.5) is 0 Å². The SMILES string of the molecule is CCCCCC1c2cc3c4cc2OCOc2c1cc1c(c2O)OCOc2c(cc5c(c2O)OCOc2c(cc(c(c2Br)OCO4)C3CCCCC)C5CCCCC)C1CCCCC.